The van der Waals surface area contributed by atoms with Crippen molar-refractivity contribution in [3.63, 3.8) is 0 Å². The first-order valence-electron chi connectivity index (χ1n) is 8.45. The number of anilines is 2. The zero-order valence-corrected chi connectivity index (χ0v) is 14.0. The molecule has 25 heavy (non-hydrogen) atoms. The third-order valence-electron chi connectivity index (χ3n) is 4.42. The number of carbonyl (C=O) groups is 1. The number of fused-ring (bicyclic) bond motifs is 1. The number of nitrogens with zero attached hydrogens (tertiary/aromatic N) is 3. The van der Waals surface area contributed by atoms with Crippen LogP contribution in [0.3, 0.4) is 0 Å². The summed E-state index contributed by atoms with van der Waals surface area (Å²) in [4.78, 5) is 16.3. The van der Waals surface area contributed by atoms with E-state index in [9.17, 15) is 9.18 Å². The van der Waals surface area contributed by atoms with Gasteiger partial charge < -0.3 is 9.80 Å². The first kappa shape index (κ1) is 17.0. The van der Waals surface area contributed by atoms with Gasteiger partial charge in [0.2, 0.25) is 5.91 Å². The van der Waals surface area contributed by atoms with Gasteiger partial charge in [0, 0.05) is 18.8 Å². The van der Waals surface area contributed by atoms with E-state index in [-0.39, 0.29) is 31.1 Å². The number of rotatable bonds is 5. The van der Waals surface area contributed by atoms with Crippen molar-refractivity contribution in [3.8, 4) is 6.07 Å². The molecule has 0 saturated carbocycles. The molecule has 1 aliphatic rings. The molecule has 0 fully saturated rings. The third kappa shape index (κ3) is 3.80. The standard InChI is InChI=1S/C20H20FN3O/c21-17-9-2-4-11-19(17)24(14-6-12-22)20(25)15-23-13-5-8-16-7-1-3-10-18(16)23/h1-4,7,9-11H,5-6,8,13-15H2. The number of aryl methyl sites for hydroxylation is 1. The molecule has 0 spiro atoms. The lowest BCUT2D eigenvalue weighted by molar-refractivity contribution is -0.117. The van der Waals surface area contributed by atoms with Gasteiger partial charge in [-0.25, -0.2) is 4.39 Å². The maximum absolute atomic E-state index is 14.2. The molecule has 128 valence electrons. The fourth-order valence-electron chi connectivity index (χ4n) is 3.24. The maximum atomic E-state index is 14.2. The molecule has 0 radical (unpaired) electrons. The van der Waals surface area contributed by atoms with E-state index in [2.05, 4.69) is 6.07 Å². The molecule has 0 N–H and O–H groups in total. The minimum Gasteiger partial charge on any atom is -0.362 e. The second-order valence-corrected chi connectivity index (χ2v) is 6.06. The van der Waals surface area contributed by atoms with Crippen molar-refractivity contribution in [1.29, 1.82) is 5.26 Å². The van der Waals surface area contributed by atoms with Crippen molar-refractivity contribution >= 4 is 17.3 Å². The van der Waals surface area contributed by atoms with Crippen LogP contribution in [0.5, 0.6) is 0 Å². The zero-order chi connectivity index (χ0) is 17.6. The number of benzene rings is 2. The van der Waals surface area contributed by atoms with E-state index in [1.165, 1.54) is 16.5 Å². The average Bonchev–Trinajstić information content (AvgIpc) is 2.64. The Kier molecular flexibility index (Phi) is 5.30. The highest BCUT2D eigenvalue weighted by Crippen LogP contribution is 2.27. The van der Waals surface area contributed by atoms with Crippen LogP contribution in [0.1, 0.15) is 18.4 Å². The summed E-state index contributed by atoms with van der Waals surface area (Å²) in [5.41, 5.74) is 2.53. The van der Waals surface area contributed by atoms with E-state index in [0.717, 1.165) is 25.1 Å². The van der Waals surface area contributed by atoms with Gasteiger partial charge in [0.25, 0.3) is 0 Å². The Bertz CT molecular complexity index is 800. The molecule has 0 unspecified atom stereocenters. The first-order valence-corrected chi connectivity index (χ1v) is 8.45. The average molecular weight is 337 g/mol. The molecule has 1 aliphatic heterocycles. The van der Waals surface area contributed by atoms with Crippen molar-refractivity contribution in [3.05, 3.63) is 59.9 Å². The van der Waals surface area contributed by atoms with Gasteiger partial charge >= 0.3 is 0 Å². The summed E-state index contributed by atoms with van der Waals surface area (Å²) in [6.45, 7) is 1.16. The van der Waals surface area contributed by atoms with Crippen LogP contribution in [-0.2, 0) is 11.2 Å². The smallest absolute Gasteiger partial charge is 0.246 e. The summed E-state index contributed by atoms with van der Waals surface area (Å²) in [6, 6.07) is 16.3. The molecule has 0 atom stereocenters. The number of para-hydroxylation sites is 2. The fourth-order valence-corrected chi connectivity index (χ4v) is 3.24. The predicted molar refractivity (Wildman–Crippen MR) is 96.0 cm³/mol. The minimum atomic E-state index is -0.451. The molecule has 2 aromatic carbocycles. The Morgan fingerprint density at radius 1 is 1.20 bits per heavy atom. The molecular weight excluding hydrogens is 317 g/mol. The lowest BCUT2D eigenvalue weighted by atomic mass is 10.0. The summed E-state index contributed by atoms with van der Waals surface area (Å²) < 4.78 is 14.2. The summed E-state index contributed by atoms with van der Waals surface area (Å²) in [5.74, 6) is -0.648. The molecule has 1 amide bonds. The van der Waals surface area contributed by atoms with E-state index in [1.807, 2.05) is 29.2 Å². The Labute approximate surface area is 147 Å². The fraction of sp³-hybridized carbons (Fsp3) is 0.300. The normalized spacial score (nSPS) is 13.0. The number of nitriles is 1. The van der Waals surface area contributed by atoms with E-state index in [0.29, 0.717) is 0 Å². The Hall–Kier alpha value is -2.87. The van der Waals surface area contributed by atoms with E-state index >= 15 is 0 Å². The lowest BCUT2D eigenvalue weighted by Gasteiger charge is -2.33. The first-order chi connectivity index (χ1) is 12.2. The van der Waals surface area contributed by atoms with Crippen molar-refractivity contribution in [2.45, 2.75) is 19.3 Å². The minimum absolute atomic E-state index is 0.163. The maximum Gasteiger partial charge on any atom is 0.246 e. The van der Waals surface area contributed by atoms with Crippen molar-refractivity contribution < 1.29 is 9.18 Å². The summed E-state index contributed by atoms with van der Waals surface area (Å²) in [7, 11) is 0. The van der Waals surface area contributed by atoms with Crippen LogP contribution in [-0.4, -0.2) is 25.5 Å². The largest absolute Gasteiger partial charge is 0.362 e. The van der Waals surface area contributed by atoms with Crippen LogP contribution < -0.4 is 9.80 Å². The number of halogens is 1. The highest BCUT2D eigenvalue weighted by atomic mass is 19.1. The second-order valence-electron chi connectivity index (χ2n) is 6.06. The van der Waals surface area contributed by atoms with Crippen LogP contribution in [0, 0.1) is 17.1 Å². The van der Waals surface area contributed by atoms with E-state index in [1.54, 1.807) is 18.2 Å². The molecule has 3 rings (SSSR count). The Balaban J connectivity index is 1.82. The van der Waals surface area contributed by atoms with E-state index < -0.39 is 5.82 Å². The van der Waals surface area contributed by atoms with Crippen LogP contribution in [0.4, 0.5) is 15.8 Å². The van der Waals surface area contributed by atoms with Crippen LogP contribution in [0.25, 0.3) is 0 Å². The molecular formula is C20H20FN3O. The summed E-state index contributed by atoms with van der Waals surface area (Å²) in [6.07, 6.45) is 2.16. The molecule has 0 aromatic heterocycles. The van der Waals surface area contributed by atoms with Crippen LogP contribution in [0.15, 0.2) is 48.5 Å². The predicted octanol–water partition coefficient (Wildman–Crippen LogP) is 3.53. The number of hydrogen-bond acceptors (Lipinski definition) is 3. The quantitative estimate of drug-likeness (QED) is 0.838. The summed E-state index contributed by atoms with van der Waals surface area (Å²) >= 11 is 0. The topological polar surface area (TPSA) is 47.3 Å². The number of carbonyl (C=O) groups excluding carboxylic acids is 1. The number of hydrogen-bond donors (Lipinski definition) is 0. The van der Waals surface area contributed by atoms with Gasteiger partial charge in [0.1, 0.15) is 5.82 Å². The lowest BCUT2D eigenvalue weighted by Crippen LogP contribution is -2.43. The van der Waals surface area contributed by atoms with Gasteiger partial charge in [-0.1, -0.05) is 30.3 Å². The third-order valence-corrected chi connectivity index (χ3v) is 4.42. The highest BCUT2D eigenvalue weighted by Gasteiger charge is 2.24. The van der Waals surface area contributed by atoms with Crippen molar-refractivity contribution in [1.82, 2.24) is 0 Å². The molecule has 0 aliphatic carbocycles. The second kappa shape index (κ2) is 7.80. The molecule has 1 heterocycles. The van der Waals surface area contributed by atoms with Gasteiger partial charge in [-0.2, -0.15) is 5.26 Å². The van der Waals surface area contributed by atoms with Crippen LogP contribution in [0.2, 0.25) is 0 Å². The van der Waals surface area contributed by atoms with Crippen molar-refractivity contribution in [2.24, 2.45) is 0 Å². The van der Waals surface area contributed by atoms with E-state index in [4.69, 9.17) is 5.26 Å². The number of amides is 1. The summed E-state index contributed by atoms with van der Waals surface area (Å²) in [5, 5.41) is 8.87. The van der Waals surface area contributed by atoms with Gasteiger partial charge in [0.15, 0.2) is 0 Å². The zero-order valence-electron chi connectivity index (χ0n) is 14.0. The van der Waals surface area contributed by atoms with Gasteiger partial charge in [-0.05, 0) is 36.6 Å². The van der Waals surface area contributed by atoms with Gasteiger partial charge in [0.05, 0.1) is 24.7 Å². The SMILES string of the molecule is N#CCCN(C(=O)CN1CCCc2ccccc21)c1ccccc1F. The molecule has 2 aromatic rings. The van der Waals surface area contributed by atoms with Crippen LogP contribution >= 0.6 is 0 Å². The Morgan fingerprint density at radius 2 is 1.96 bits per heavy atom. The molecule has 0 saturated heterocycles. The van der Waals surface area contributed by atoms with Gasteiger partial charge in [-0.15, -0.1) is 0 Å². The van der Waals surface area contributed by atoms with Crippen molar-refractivity contribution in [2.75, 3.05) is 29.4 Å². The van der Waals surface area contributed by atoms with Gasteiger partial charge in [-0.3, -0.25) is 4.79 Å². The molecule has 5 heteroatoms. The highest BCUT2D eigenvalue weighted by molar-refractivity contribution is 5.96. The Morgan fingerprint density at radius 3 is 2.76 bits per heavy atom. The monoisotopic (exact) mass is 337 g/mol. The molecule has 4 nitrogen and oxygen atoms in total. The molecule has 0 bridgehead atoms.